The maximum absolute atomic E-state index is 15.5. The SMILES string of the molecule is O=S(=O)(c1ccccc1)N1CCO[C@]12CCN(c1nc3cc(F)c(F)cc3o1)C[C@@H]2F. The van der Waals surface area contributed by atoms with Gasteiger partial charge in [0.25, 0.3) is 6.01 Å². The van der Waals surface area contributed by atoms with Crippen LogP contribution in [-0.4, -0.2) is 55.8 Å². The Morgan fingerprint density at radius 1 is 1.10 bits per heavy atom. The number of ether oxygens (including phenoxy) is 1. The van der Waals surface area contributed by atoms with Gasteiger partial charge in [0.15, 0.2) is 29.1 Å². The first-order valence-corrected chi connectivity index (χ1v) is 11.1. The third-order valence-electron chi connectivity index (χ3n) is 5.70. The summed E-state index contributed by atoms with van der Waals surface area (Å²) in [4.78, 5) is 5.66. The van der Waals surface area contributed by atoms with Crippen molar-refractivity contribution in [2.24, 2.45) is 0 Å². The van der Waals surface area contributed by atoms with Crippen LogP contribution >= 0.6 is 0 Å². The molecule has 0 aliphatic carbocycles. The zero-order valence-corrected chi connectivity index (χ0v) is 17.0. The number of alkyl halides is 1. The number of fused-ring (bicyclic) bond motifs is 1. The highest BCUT2D eigenvalue weighted by molar-refractivity contribution is 7.89. The lowest BCUT2D eigenvalue weighted by atomic mass is 9.99. The molecule has 0 bridgehead atoms. The van der Waals surface area contributed by atoms with Gasteiger partial charge < -0.3 is 14.1 Å². The van der Waals surface area contributed by atoms with Crippen LogP contribution in [0.3, 0.4) is 0 Å². The number of hydrogen-bond donors (Lipinski definition) is 0. The molecular weight excluding hydrogens is 435 g/mol. The molecule has 0 unspecified atom stereocenters. The normalized spacial score (nSPS) is 25.0. The summed E-state index contributed by atoms with van der Waals surface area (Å²) < 4.78 is 80.9. The van der Waals surface area contributed by atoms with Gasteiger partial charge in [-0.05, 0) is 12.1 Å². The molecule has 5 rings (SSSR count). The number of rotatable bonds is 3. The van der Waals surface area contributed by atoms with Crippen LogP contribution in [0, 0.1) is 11.6 Å². The van der Waals surface area contributed by atoms with Crippen molar-refractivity contribution >= 4 is 27.1 Å². The molecule has 2 aliphatic heterocycles. The summed E-state index contributed by atoms with van der Waals surface area (Å²) >= 11 is 0. The van der Waals surface area contributed by atoms with Gasteiger partial charge in [0.05, 0.1) is 18.0 Å². The third-order valence-corrected chi connectivity index (χ3v) is 7.64. The largest absolute Gasteiger partial charge is 0.423 e. The first-order chi connectivity index (χ1) is 14.8. The van der Waals surface area contributed by atoms with Crippen molar-refractivity contribution in [1.29, 1.82) is 0 Å². The molecule has 164 valence electrons. The zero-order chi connectivity index (χ0) is 21.8. The molecule has 11 heteroatoms. The Hall–Kier alpha value is -2.63. The van der Waals surface area contributed by atoms with E-state index in [9.17, 15) is 17.2 Å². The topological polar surface area (TPSA) is 75.9 Å². The fourth-order valence-corrected chi connectivity index (χ4v) is 5.89. The van der Waals surface area contributed by atoms with Crippen LogP contribution in [0.1, 0.15) is 6.42 Å². The standard InChI is InChI=1S/C20H18F3N3O4S/c21-14-10-16-17(11-15(14)22)30-19(24-16)25-7-6-20(18(23)12-25)26(8-9-29-20)31(27,28)13-4-2-1-3-5-13/h1-5,10-11,18H,6-9,12H2/t18-,20-/m0/s1. The van der Waals surface area contributed by atoms with Gasteiger partial charge in [-0.2, -0.15) is 9.29 Å². The van der Waals surface area contributed by atoms with Gasteiger partial charge in [-0.15, -0.1) is 0 Å². The van der Waals surface area contributed by atoms with Gasteiger partial charge in [-0.1, -0.05) is 18.2 Å². The molecule has 1 aromatic heterocycles. The smallest absolute Gasteiger partial charge is 0.298 e. The maximum atomic E-state index is 15.5. The van der Waals surface area contributed by atoms with Crippen LogP contribution in [0.4, 0.5) is 19.2 Å². The predicted octanol–water partition coefficient (Wildman–Crippen LogP) is 3.07. The van der Waals surface area contributed by atoms with Crippen LogP contribution in [0.2, 0.25) is 0 Å². The summed E-state index contributed by atoms with van der Waals surface area (Å²) in [5.41, 5.74) is -1.49. The van der Waals surface area contributed by atoms with Crippen LogP contribution in [0.25, 0.3) is 11.1 Å². The van der Waals surface area contributed by atoms with Crippen molar-refractivity contribution in [3.8, 4) is 0 Å². The highest BCUT2D eigenvalue weighted by Gasteiger charge is 2.57. The minimum Gasteiger partial charge on any atom is -0.423 e. The lowest BCUT2D eigenvalue weighted by molar-refractivity contribution is -0.116. The van der Waals surface area contributed by atoms with E-state index >= 15 is 4.39 Å². The van der Waals surface area contributed by atoms with E-state index in [1.807, 2.05) is 0 Å². The number of halogens is 3. The summed E-state index contributed by atoms with van der Waals surface area (Å²) in [6.45, 7) is 0.0463. The van der Waals surface area contributed by atoms with E-state index in [2.05, 4.69) is 4.98 Å². The second kappa shape index (κ2) is 7.21. The van der Waals surface area contributed by atoms with Gasteiger partial charge in [0, 0.05) is 31.6 Å². The van der Waals surface area contributed by atoms with E-state index in [0.717, 1.165) is 16.4 Å². The number of piperidine rings is 1. The number of hydrogen-bond acceptors (Lipinski definition) is 6. The molecule has 3 heterocycles. The molecule has 7 nitrogen and oxygen atoms in total. The highest BCUT2D eigenvalue weighted by atomic mass is 32.2. The molecule has 3 aromatic rings. The van der Waals surface area contributed by atoms with E-state index in [0.29, 0.717) is 0 Å². The molecule has 0 radical (unpaired) electrons. The van der Waals surface area contributed by atoms with Crippen molar-refractivity contribution in [1.82, 2.24) is 9.29 Å². The summed E-state index contributed by atoms with van der Waals surface area (Å²) in [6.07, 6.45) is -1.67. The Bertz CT molecular complexity index is 1200. The Labute approximate surface area is 176 Å². The number of nitrogens with zero attached hydrogens (tertiary/aromatic N) is 3. The molecule has 2 aromatic carbocycles. The predicted molar refractivity (Wildman–Crippen MR) is 105 cm³/mol. The summed E-state index contributed by atoms with van der Waals surface area (Å²) in [5.74, 6) is -2.13. The van der Waals surface area contributed by atoms with E-state index in [1.54, 1.807) is 18.2 Å². The van der Waals surface area contributed by atoms with Crippen LogP contribution in [-0.2, 0) is 14.8 Å². The number of anilines is 1. The fraction of sp³-hybridized carbons (Fsp3) is 0.350. The molecule has 0 amide bonds. The fourth-order valence-electron chi connectivity index (χ4n) is 4.15. The van der Waals surface area contributed by atoms with Crippen molar-refractivity contribution < 1.29 is 30.7 Å². The molecule has 2 aliphatic rings. The van der Waals surface area contributed by atoms with Crippen LogP contribution < -0.4 is 4.90 Å². The molecule has 2 saturated heterocycles. The molecule has 0 N–H and O–H groups in total. The Morgan fingerprint density at radius 3 is 2.58 bits per heavy atom. The maximum Gasteiger partial charge on any atom is 0.298 e. The molecule has 2 atom stereocenters. The number of benzene rings is 2. The molecule has 0 saturated carbocycles. The minimum atomic E-state index is -3.96. The number of sulfonamides is 1. The van der Waals surface area contributed by atoms with Crippen LogP contribution in [0.5, 0.6) is 0 Å². The van der Waals surface area contributed by atoms with E-state index in [1.165, 1.54) is 17.0 Å². The lowest BCUT2D eigenvalue weighted by Gasteiger charge is -2.44. The van der Waals surface area contributed by atoms with Gasteiger partial charge in [-0.3, -0.25) is 0 Å². The summed E-state index contributed by atoms with van der Waals surface area (Å²) in [5, 5.41) is 0. The summed E-state index contributed by atoms with van der Waals surface area (Å²) in [6, 6.07) is 9.62. The van der Waals surface area contributed by atoms with Gasteiger partial charge in [-0.25, -0.2) is 21.6 Å². The first-order valence-electron chi connectivity index (χ1n) is 9.68. The second-order valence-corrected chi connectivity index (χ2v) is 9.34. The van der Waals surface area contributed by atoms with E-state index < -0.39 is 33.6 Å². The van der Waals surface area contributed by atoms with Crippen molar-refractivity contribution in [3.63, 3.8) is 0 Å². The average molecular weight is 453 g/mol. The summed E-state index contributed by atoms with van der Waals surface area (Å²) in [7, 11) is -3.96. The molecule has 31 heavy (non-hydrogen) atoms. The monoisotopic (exact) mass is 453 g/mol. The lowest BCUT2D eigenvalue weighted by Crippen LogP contribution is -2.62. The molecular formula is C20H18F3N3O4S. The van der Waals surface area contributed by atoms with Crippen molar-refractivity contribution in [3.05, 3.63) is 54.1 Å². The average Bonchev–Trinajstić information content (AvgIpc) is 3.36. The Morgan fingerprint density at radius 2 is 1.84 bits per heavy atom. The Kier molecular flexibility index (Phi) is 4.72. The van der Waals surface area contributed by atoms with Crippen molar-refractivity contribution in [2.75, 3.05) is 31.1 Å². The van der Waals surface area contributed by atoms with Crippen LogP contribution in [0.15, 0.2) is 51.8 Å². The van der Waals surface area contributed by atoms with Gasteiger partial charge >= 0.3 is 0 Å². The molecule has 1 spiro atoms. The Balaban J connectivity index is 1.42. The van der Waals surface area contributed by atoms with Crippen molar-refractivity contribution in [2.45, 2.75) is 23.2 Å². The quantitative estimate of drug-likeness (QED) is 0.607. The van der Waals surface area contributed by atoms with Gasteiger partial charge in [0.2, 0.25) is 10.0 Å². The number of aromatic nitrogens is 1. The van der Waals surface area contributed by atoms with E-state index in [-0.39, 0.29) is 54.7 Å². The van der Waals surface area contributed by atoms with E-state index in [4.69, 9.17) is 9.15 Å². The zero-order valence-electron chi connectivity index (χ0n) is 16.2. The third kappa shape index (κ3) is 3.19. The molecule has 2 fully saturated rings. The highest BCUT2D eigenvalue weighted by Crippen LogP contribution is 2.41. The minimum absolute atomic E-state index is 0.00737. The van der Waals surface area contributed by atoms with Gasteiger partial charge in [0.1, 0.15) is 5.52 Å². The first kappa shape index (κ1) is 20.3. The second-order valence-electron chi connectivity index (χ2n) is 7.48. The number of oxazole rings is 1.